The molecule has 0 fully saturated rings. The topological polar surface area (TPSA) is 54.4 Å². The molecule has 1 aromatic heterocycles. The predicted octanol–water partition coefficient (Wildman–Crippen LogP) is 2.65. The van der Waals surface area contributed by atoms with Crippen molar-refractivity contribution >= 4 is 0 Å². The Morgan fingerprint density at radius 2 is 2.11 bits per heavy atom. The molecule has 0 unspecified atom stereocenters. The fraction of sp³-hybridized carbons (Fsp3) is 0.267. The summed E-state index contributed by atoms with van der Waals surface area (Å²) in [6.45, 7) is 2.60. The molecule has 0 bridgehead atoms. The molecule has 4 heteroatoms. The Morgan fingerprint density at radius 3 is 2.79 bits per heavy atom. The van der Waals surface area contributed by atoms with Crippen molar-refractivity contribution in [3.63, 3.8) is 0 Å². The number of phenolic OH excluding ortho intramolecular Hbond substituents is 1. The molecule has 0 aliphatic heterocycles. The van der Waals surface area contributed by atoms with E-state index < -0.39 is 0 Å². The van der Waals surface area contributed by atoms with Crippen molar-refractivity contribution in [1.29, 1.82) is 0 Å². The van der Waals surface area contributed by atoms with Gasteiger partial charge in [-0.2, -0.15) is 0 Å². The van der Waals surface area contributed by atoms with Crippen LogP contribution in [0, 0.1) is 0 Å². The van der Waals surface area contributed by atoms with Gasteiger partial charge in [-0.25, -0.2) is 0 Å². The number of pyridine rings is 1. The smallest absolute Gasteiger partial charge is 0.162 e. The summed E-state index contributed by atoms with van der Waals surface area (Å²) in [7, 11) is 1.54. The molecule has 100 valence electrons. The largest absolute Gasteiger partial charge is 0.504 e. The summed E-state index contributed by atoms with van der Waals surface area (Å²) in [5, 5.41) is 13.3. The number of aromatic hydroxyl groups is 1. The number of aromatic nitrogens is 1. The van der Waals surface area contributed by atoms with Crippen molar-refractivity contribution in [3.05, 3.63) is 53.9 Å². The summed E-state index contributed by atoms with van der Waals surface area (Å²) >= 11 is 0. The molecule has 2 aromatic rings. The highest BCUT2D eigenvalue weighted by Crippen LogP contribution is 2.29. The van der Waals surface area contributed by atoms with E-state index in [-0.39, 0.29) is 11.8 Å². The van der Waals surface area contributed by atoms with Gasteiger partial charge in [0.1, 0.15) is 0 Å². The lowest BCUT2D eigenvalue weighted by Crippen LogP contribution is -2.19. The molecule has 1 aromatic carbocycles. The number of hydrogen-bond donors (Lipinski definition) is 2. The number of methoxy groups -OCH3 is 1. The fourth-order valence-corrected chi connectivity index (χ4v) is 1.87. The predicted molar refractivity (Wildman–Crippen MR) is 74.2 cm³/mol. The van der Waals surface area contributed by atoms with Gasteiger partial charge in [-0.15, -0.1) is 0 Å². The maximum Gasteiger partial charge on any atom is 0.162 e. The van der Waals surface area contributed by atoms with Crippen LogP contribution in [0.2, 0.25) is 0 Å². The molecular formula is C15H18N2O2. The molecule has 0 amide bonds. The zero-order chi connectivity index (χ0) is 13.7. The fourth-order valence-electron chi connectivity index (χ4n) is 1.87. The summed E-state index contributed by atoms with van der Waals surface area (Å²) in [5.74, 6) is 0.676. The van der Waals surface area contributed by atoms with Gasteiger partial charge < -0.3 is 15.2 Å². The zero-order valence-corrected chi connectivity index (χ0v) is 11.1. The van der Waals surface area contributed by atoms with Crippen LogP contribution in [0.1, 0.15) is 24.2 Å². The van der Waals surface area contributed by atoms with Gasteiger partial charge in [-0.1, -0.05) is 18.2 Å². The molecular weight excluding hydrogens is 240 g/mol. The third-order valence-electron chi connectivity index (χ3n) is 3.03. The lowest BCUT2D eigenvalue weighted by molar-refractivity contribution is 0.369. The molecule has 19 heavy (non-hydrogen) atoms. The van der Waals surface area contributed by atoms with E-state index in [2.05, 4.69) is 10.3 Å². The molecule has 0 aliphatic carbocycles. The second kappa shape index (κ2) is 6.20. The van der Waals surface area contributed by atoms with E-state index in [1.807, 2.05) is 37.3 Å². The number of phenols is 1. The van der Waals surface area contributed by atoms with Crippen LogP contribution >= 0.6 is 0 Å². The van der Waals surface area contributed by atoms with E-state index in [0.29, 0.717) is 12.3 Å². The van der Waals surface area contributed by atoms with Crippen molar-refractivity contribution in [2.75, 3.05) is 7.11 Å². The van der Waals surface area contributed by atoms with Gasteiger partial charge in [-0.3, -0.25) is 4.98 Å². The Hall–Kier alpha value is -2.07. The average Bonchev–Trinajstić information content (AvgIpc) is 2.47. The number of hydrogen-bond acceptors (Lipinski definition) is 4. The molecule has 1 heterocycles. The summed E-state index contributed by atoms with van der Waals surface area (Å²) < 4.78 is 5.09. The first-order chi connectivity index (χ1) is 9.22. The van der Waals surface area contributed by atoms with E-state index in [1.54, 1.807) is 19.4 Å². The maximum absolute atomic E-state index is 9.99. The number of benzene rings is 1. The summed E-state index contributed by atoms with van der Waals surface area (Å²) in [4.78, 5) is 4.30. The number of nitrogens with zero attached hydrogens (tertiary/aromatic N) is 1. The second-order valence-electron chi connectivity index (χ2n) is 4.33. The second-order valence-corrected chi connectivity index (χ2v) is 4.33. The molecule has 4 nitrogen and oxygen atoms in total. The van der Waals surface area contributed by atoms with Gasteiger partial charge in [0.2, 0.25) is 0 Å². The van der Waals surface area contributed by atoms with Gasteiger partial charge in [0.05, 0.1) is 12.8 Å². The number of nitrogens with one attached hydrogen (secondary N) is 1. The quantitative estimate of drug-likeness (QED) is 0.865. The lowest BCUT2D eigenvalue weighted by atomic mass is 10.1. The minimum Gasteiger partial charge on any atom is -0.504 e. The van der Waals surface area contributed by atoms with Crippen LogP contribution in [-0.2, 0) is 6.54 Å². The third kappa shape index (κ3) is 3.23. The highest BCUT2D eigenvalue weighted by atomic mass is 16.5. The van der Waals surface area contributed by atoms with E-state index in [0.717, 1.165) is 11.3 Å². The first-order valence-electron chi connectivity index (χ1n) is 6.21. The highest BCUT2D eigenvalue weighted by Gasteiger charge is 2.10. The lowest BCUT2D eigenvalue weighted by Gasteiger charge is -2.14. The Labute approximate surface area is 113 Å². The average molecular weight is 258 g/mol. The SMILES string of the molecule is COc1cccc(CN[C@@H](C)c2ccccn2)c1O. The highest BCUT2D eigenvalue weighted by molar-refractivity contribution is 5.45. The molecule has 1 atom stereocenters. The maximum atomic E-state index is 9.99. The first kappa shape index (κ1) is 13.4. The molecule has 2 rings (SSSR count). The van der Waals surface area contributed by atoms with Crippen LogP contribution in [0.4, 0.5) is 0 Å². The normalized spacial score (nSPS) is 12.1. The van der Waals surface area contributed by atoms with Gasteiger partial charge in [0.15, 0.2) is 11.5 Å². The summed E-state index contributed by atoms with van der Waals surface area (Å²) in [6, 6.07) is 11.4. The Kier molecular flexibility index (Phi) is 4.36. The Morgan fingerprint density at radius 1 is 1.26 bits per heavy atom. The molecule has 0 saturated carbocycles. The monoisotopic (exact) mass is 258 g/mol. The van der Waals surface area contributed by atoms with Crippen molar-refractivity contribution in [2.24, 2.45) is 0 Å². The van der Waals surface area contributed by atoms with E-state index >= 15 is 0 Å². The van der Waals surface area contributed by atoms with Crippen LogP contribution in [0.15, 0.2) is 42.6 Å². The van der Waals surface area contributed by atoms with Gasteiger partial charge in [-0.05, 0) is 25.1 Å². The van der Waals surface area contributed by atoms with Gasteiger partial charge in [0.25, 0.3) is 0 Å². The van der Waals surface area contributed by atoms with Crippen LogP contribution in [0.5, 0.6) is 11.5 Å². The minimum atomic E-state index is 0.117. The van der Waals surface area contributed by atoms with E-state index in [4.69, 9.17) is 4.74 Å². The van der Waals surface area contributed by atoms with Crippen LogP contribution in [0.25, 0.3) is 0 Å². The van der Waals surface area contributed by atoms with Gasteiger partial charge >= 0.3 is 0 Å². The van der Waals surface area contributed by atoms with Crippen molar-refractivity contribution in [3.8, 4) is 11.5 Å². The Bertz CT molecular complexity index is 529. The number of ether oxygens (including phenoxy) is 1. The standard InChI is InChI=1S/C15H18N2O2/c1-11(13-7-3-4-9-16-13)17-10-12-6-5-8-14(19-2)15(12)18/h3-9,11,17-18H,10H2,1-2H3/t11-/m0/s1. The molecule has 0 saturated heterocycles. The van der Waals surface area contributed by atoms with Gasteiger partial charge in [0, 0.05) is 24.3 Å². The first-order valence-corrected chi connectivity index (χ1v) is 6.21. The van der Waals surface area contributed by atoms with E-state index in [1.165, 1.54) is 0 Å². The van der Waals surface area contributed by atoms with Crippen molar-refractivity contribution in [1.82, 2.24) is 10.3 Å². The Balaban J connectivity index is 2.03. The number of para-hydroxylation sites is 1. The molecule has 0 aliphatic rings. The van der Waals surface area contributed by atoms with Crippen LogP contribution < -0.4 is 10.1 Å². The van der Waals surface area contributed by atoms with Crippen molar-refractivity contribution in [2.45, 2.75) is 19.5 Å². The zero-order valence-electron chi connectivity index (χ0n) is 11.1. The summed E-state index contributed by atoms with van der Waals surface area (Å²) in [6.07, 6.45) is 1.77. The minimum absolute atomic E-state index is 0.117. The third-order valence-corrected chi connectivity index (χ3v) is 3.03. The molecule has 0 radical (unpaired) electrons. The van der Waals surface area contributed by atoms with E-state index in [9.17, 15) is 5.11 Å². The molecule has 0 spiro atoms. The van der Waals surface area contributed by atoms with Crippen LogP contribution in [0.3, 0.4) is 0 Å². The van der Waals surface area contributed by atoms with Crippen LogP contribution in [-0.4, -0.2) is 17.2 Å². The molecule has 2 N–H and O–H groups in total. The van der Waals surface area contributed by atoms with Crippen molar-refractivity contribution < 1.29 is 9.84 Å². The summed E-state index contributed by atoms with van der Waals surface area (Å²) in [5.41, 5.74) is 1.78. The number of rotatable bonds is 5.